The van der Waals surface area contributed by atoms with Crippen molar-refractivity contribution < 1.29 is 4.79 Å². The summed E-state index contributed by atoms with van der Waals surface area (Å²) in [5, 5.41) is 3.11. The zero-order valence-electron chi connectivity index (χ0n) is 12.3. The van der Waals surface area contributed by atoms with Gasteiger partial charge in [-0.2, -0.15) is 0 Å². The van der Waals surface area contributed by atoms with E-state index < -0.39 is 6.04 Å². The molecular formula is C17H26N2O. The normalized spacial score (nSPS) is 19.3. The number of hydrogen-bond donors (Lipinski definition) is 2. The van der Waals surface area contributed by atoms with Crippen LogP contribution in [-0.4, -0.2) is 18.0 Å². The Bertz CT molecular complexity index is 412. The number of carbonyl (C=O) groups is 1. The van der Waals surface area contributed by atoms with E-state index in [1.54, 1.807) is 0 Å². The van der Waals surface area contributed by atoms with Gasteiger partial charge in [0.2, 0.25) is 5.91 Å². The van der Waals surface area contributed by atoms with E-state index in [2.05, 4.69) is 12.2 Å². The maximum atomic E-state index is 12.2. The van der Waals surface area contributed by atoms with Crippen LogP contribution in [0, 0.1) is 5.92 Å². The van der Waals surface area contributed by atoms with Crippen LogP contribution in [0.2, 0.25) is 0 Å². The molecule has 1 amide bonds. The van der Waals surface area contributed by atoms with E-state index in [1.807, 2.05) is 30.3 Å². The van der Waals surface area contributed by atoms with Gasteiger partial charge >= 0.3 is 0 Å². The lowest BCUT2D eigenvalue weighted by atomic mass is 9.84. The molecule has 1 fully saturated rings. The zero-order valence-corrected chi connectivity index (χ0v) is 12.3. The van der Waals surface area contributed by atoms with Crippen LogP contribution in [0.5, 0.6) is 0 Å². The maximum Gasteiger partial charge on any atom is 0.237 e. The third kappa shape index (κ3) is 4.34. The summed E-state index contributed by atoms with van der Waals surface area (Å²) in [4.78, 5) is 12.2. The lowest BCUT2D eigenvalue weighted by molar-refractivity contribution is -0.123. The first-order valence-electron chi connectivity index (χ1n) is 7.76. The van der Waals surface area contributed by atoms with E-state index >= 15 is 0 Å². The molecule has 0 unspecified atom stereocenters. The summed E-state index contributed by atoms with van der Waals surface area (Å²) in [6.45, 7) is 2.11. The molecule has 1 aromatic carbocycles. The van der Waals surface area contributed by atoms with E-state index in [9.17, 15) is 4.79 Å². The van der Waals surface area contributed by atoms with Crippen molar-refractivity contribution in [3.05, 3.63) is 35.9 Å². The van der Waals surface area contributed by atoms with Gasteiger partial charge in [-0.25, -0.2) is 0 Å². The number of carbonyl (C=O) groups excluding carboxylic acids is 1. The van der Waals surface area contributed by atoms with Gasteiger partial charge in [0.05, 0.1) is 6.04 Å². The van der Waals surface area contributed by atoms with Gasteiger partial charge in [0.15, 0.2) is 0 Å². The lowest BCUT2D eigenvalue weighted by Gasteiger charge is -2.29. The molecule has 110 valence electrons. The largest absolute Gasteiger partial charge is 0.352 e. The smallest absolute Gasteiger partial charge is 0.237 e. The van der Waals surface area contributed by atoms with E-state index in [0.717, 1.165) is 5.56 Å². The minimum atomic E-state index is -0.455. The topological polar surface area (TPSA) is 55.1 Å². The predicted molar refractivity (Wildman–Crippen MR) is 82.3 cm³/mol. The minimum absolute atomic E-state index is 0.0214. The van der Waals surface area contributed by atoms with Crippen LogP contribution < -0.4 is 11.1 Å². The number of nitrogens with two attached hydrogens (primary N) is 1. The second kappa shape index (κ2) is 7.44. The molecule has 1 aromatic rings. The molecule has 3 heteroatoms. The standard InChI is InChI=1S/C17H26N2O/c1-13(15-10-6-3-7-11-15)19-17(20)16(18)12-14-8-4-2-5-9-14/h2,4-5,8-9,13,15-16H,3,6-7,10-12,18H2,1H3,(H,19,20)/t13-,16+/m0/s1. The molecule has 0 heterocycles. The van der Waals surface area contributed by atoms with Crippen LogP contribution in [-0.2, 0) is 11.2 Å². The Balaban J connectivity index is 1.81. The van der Waals surface area contributed by atoms with E-state index in [0.29, 0.717) is 12.3 Å². The van der Waals surface area contributed by atoms with E-state index in [4.69, 9.17) is 5.73 Å². The summed E-state index contributed by atoms with van der Waals surface area (Å²) < 4.78 is 0. The van der Waals surface area contributed by atoms with Crippen LogP contribution >= 0.6 is 0 Å². The molecule has 3 N–H and O–H groups in total. The first-order chi connectivity index (χ1) is 9.66. The Morgan fingerprint density at radius 3 is 2.55 bits per heavy atom. The average Bonchev–Trinajstić information content (AvgIpc) is 2.49. The summed E-state index contributed by atoms with van der Waals surface area (Å²) >= 11 is 0. The molecule has 20 heavy (non-hydrogen) atoms. The van der Waals surface area contributed by atoms with Crippen molar-refractivity contribution in [3.8, 4) is 0 Å². The first-order valence-corrected chi connectivity index (χ1v) is 7.76. The number of benzene rings is 1. The Morgan fingerprint density at radius 1 is 1.25 bits per heavy atom. The van der Waals surface area contributed by atoms with Gasteiger partial charge in [0.1, 0.15) is 0 Å². The highest BCUT2D eigenvalue weighted by atomic mass is 16.2. The molecule has 0 saturated heterocycles. The number of hydrogen-bond acceptors (Lipinski definition) is 2. The molecule has 0 aromatic heterocycles. The summed E-state index contributed by atoms with van der Waals surface area (Å²) in [5.41, 5.74) is 7.13. The van der Waals surface area contributed by atoms with Gasteiger partial charge in [-0.15, -0.1) is 0 Å². The van der Waals surface area contributed by atoms with Gasteiger partial charge in [-0.1, -0.05) is 49.6 Å². The van der Waals surface area contributed by atoms with Gasteiger partial charge in [0.25, 0.3) is 0 Å². The molecule has 2 rings (SSSR count). The maximum absolute atomic E-state index is 12.2. The number of amides is 1. The highest BCUT2D eigenvalue weighted by molar-refractivity contribution is 5.82. The van der Waals surface area contributed by atoms with Crippen LogP contribution in [0.15, 0.2) is 30.3 Å². The second-order valence-electron chi connectivity index (χ2n) is 5.99. The van der Waals surface area contributed by atoms with Crippen molar-refractivity contribution in [2.45, 2.75) is 57.5 Å². The molecule has 0 radical (unpaired) electrons. The Morgan fingerprint density at radius 2 is 1.90 bits per heavy atom. The highest BCUT2D eigenvalue weighted by Crippen LogP contribution is 2.26. The van der Waals surface area contributed by atoms with Crippen LogP contribution in [0.1, 0.15) is 44.6 Å². The SMILES string of the molecule is C[C@H](NC(=O)[C@H](N)Cc1ccccc1)C1CCCCC1. The van der Waals surface area contributed by atoms with Crippen LogP contribution in [0.3, 0.4) is 0 Å². The summed E-state index contributed by atoms with van der Waals surface area (Å²) in [5.74, 6) is 0.601. The Labute approximate surface area is 121 Å². The fourth-order valence-corrected chi connectivity index (χ4v) is 3.04. The van der Waals surface area contributed by atoms with Crippen molar-refractivity contribution in [2.75, 3.05) is 0 Å². The predicted octanol–water partition coefficient (Wildman–Crippen LogP) is 2.64. The van der Waals surface area contributed by atoms with Crippen LogP contribution in [0.25, 0.3) is 0 Å². The minimum Gasteiger partial charge on any atom is -0.352 e. The second-order valence-corrected chi connectivity index (χ2v) is 5.99. The molecule has 2 atom stereocenters. The van der Waals surface area contributed by atoms with Crippen molar-refractivity contribution in [3.63, 3.8) is 0 Å². The number of rotatable bonds is 5. The lowest BCUT2D eigenvalue weighted by Crippen LogP contribution is -2.48. The van der Waals surface area contributed by atoms with Crippen molar-refractivity contribution in [1.29, 1.82) is 0 Å². The monoisotopic (exact) mass is 274 g/mol. The van der Waals surface area contributed by atoms with Crippen molar-refractivity contribution in [2.24, 2.45) is 11.7 Å². The Hall–Kier alpha value is -1.35. The molecule has 1 aliphatic carbocycles. The fourth-order valence-electron chi connectivity index (χ4n) is 3.04. The van der Waals surface area contributed by atoms with Crippen molar-refractivity contribution in [1.82, 2.24) is 5.32 Å². The highest BCUT2D eigenvalue weighted by Gasteiger charge is 2.23. The quantitative estimate of drug-likeness (QED) is 0.867. The zero-order chi connectivity index (χ0) is 14.4. The molecule has 0 bridgehead atoms. The molecular weight excluding hydrogens is 248 g/mol. The van der Waals surface area contributed by atoms with Crippen molar-refractivity contribution >= 4 is 5.91 Å². The molecule has 1 saturated carbocycles. The average molecular weight is 274 g/mol. The van der Waals surface area contributed by atoms with Gasteiger partial charge in [0, 0.05) is 6.04 Å². The third-order valence-corrected chi connectivity index (χ3v) is 4.36. The fraction of sp³-hybridized carbons (Fsp3) is 0.588. The number of nitrogens with one attached hydrogen (secondary N) is 1. The van der Waals surface area contributed by atoms with Gasteiger partial charge in [-0.3, -0.25) is 4.79 Å². The molecule has 3 nitrogen and oxygen atoms in total. The molecule has 1 aliphatic rings. The summed E-state index contributed by atoms with van der Waals surface area (Å²) in [7, 11) is 0. The third-order valence-electron chi connectivity index (χ3n) is 4.36. The molecule has 0 spiro atoms. The molecule has 0 aliphatic heterocycles. The summed E-state index contributed by atoms with van der Waals surface area (Å²) in [6, 6.07) is 9.73. The van der Waals surface area contributed by atoms with Gasteiger partial charge < -0.3 is 11.1 Å². The van der Waals surface area contributed by atoms with Gasteiger partial charge in [-0.05, 0) is 37.7 Å². The van der Waals surface area contributed by atoms with E-state index in [-0.39, 0.29) is 11.9 Å². The first kappa shape index (κ1) is 15.0. The van der Waals surface area contributed by atoms with Crippen LogP contribution in [0.4, 0.5) is 0 Å². The van der Waals surface area contributed by atoms with E-state index in [1.165, 1.54) is 32.1 Å². The summed E-state index contributed by atoms with van der Waals surface area (Å²) in [6.07, 6.45) is 6.99. The Kier molecular flexibility index (Phi) is 5.60.